The highest BCUT2D eigenvalue weighted by Crippen LogP contribution is 2.36. The van der Waals surface area contributed by atoms with Crippen LogP contribution in [-0.2, 0) is 5.41 Å². The van der Waals surface area contributed by atoms with Crippen molar-refractivity contribution >= 4 is 12.6 Å². The van der Waals surface area contributed by atoms with Crippen molar-refractivity contribution < 1.29 is 14.8 Å². The Kier molecular flexibility index (Phi) is 5.28. The van der Waals surface area contributed by atoms with Crippen LogP contribution in [0.4, 0.5) is 0 Å². The predicted molar refractivity (Wildman–Crippen MR) is 84.5 cm³/mol. The van der Waals surface area contributed by atoms with E-state index in [2.05, 4.69) is 34.6 Å². The molecule has 1 rings (SSSR count). The molecule has 3 nitrogen and oxygen atoms in total. The molecule has 112 valence electrons. The Bertz CT molecular complexity index is 448. The lowest BCUT2D eigenvalue weighted by Gasteiger charge is -2.33. The summed E-state index contributed by atoms with van der Waals surface area (Å²) in [4.78, 5) is 0. The Hall–Kier alpha value is -0.995. The molecule has 0 aliphatic carbocycles. The Morgan fingerprint density at radius 3 is 2.15 bits per heavy atom. The Morgan fingerprint density at radius 1 is 1.10 bits per heavy atom. The fourth-order valence-electron chi connectivity index (χ4n) is 2.89. The normalized spacial score (nSPS) is 12.4. The fourth-order valence-corrected chi connectivity index (χ4v) is 2.89. The van der Waals surface area contributed by atoms with Gasteiger partial charge in [-0.15, -0.1) is 0 Å². The first kappa shape index (κ1) is 17.1. The molecule has 0 aliphatic rings. The van der Waals surface area contributed by atoms with Crippen molar-refractivity contribution in [3.8, 4) is 5.75 Å². The average molecular weight is 278 g/mol. The number of ether oxygens (including phenoxy) is 1. The van der Waals surface area contributed by atoms with E-state index in [4.69, 9.17) is 4.74 Å². The molecule has 0 spiro atoms. The number of rotatable bonds is 5. The summed E-state index contributed by atoms with van der Waals surface area (Å²) < 4.78 is 5.45. The minimum atomic E-state index is -1.51. The van der Waals surface area contributed by atoms with E-state index in [1.165, 1.54) is 0 Å². The Labute approximate surface area is 123 Å². The van der Waals surface area contributed by atoms with Crippen molar-refractivity contribution in [3.05, 3.63) is 23.8 Å². The summed E-state index contributed by atoms with van der Waals surface area (Å²) in [6.45, 7) is 13.4. The summed E-state index contributed by atoms with van der Waals surface area (Å²) in [6.07, 6.45) is 1.01. The third-order valence-electron chi connectivity index (χ3n) is 3.34. The van der Waals surface area contributed by atoms with E-state index in [-0.39, 0.29) is 10.8 Å². The van der Waals surface area contributed by atoms with Gasteiger partial charge < -0.3 is 14.8 Å². The zero-order chi connectivity index (χ0) is 15.6. The third-order valence-corrected chi connectivity index (χ3v) is 3.34. The zero-order valence-electron chi connectivity index (χ0n) is 13.5. The molecule has 0 heterocycles. The second-order valence-corrected chi connectivity index (χ2v) is 7.18. The van der Waals surface area contributed by atoms with Gasteiger partial charge in [0.25, 0.3) is 0 Å². The Morgan fingerprint density at radius 2 is 1.70 bits per heavy atom. The predicted octanol–water partition coefficient (Wildman–Crippen LogP) is 2.48. The van der Waals surface area contributed by atoms with Gasteiger partial charge in [0.05, 0.1) is 6.61 Å². The summed E-state index contributed by atoms with van der Waals surface area (Å²) in [6, 6.07) is 5.70. The van der Waals surface area contributed by atoms with Gasteiger partial charge >= 0.3 is 7.12 Å². The maximum absolute atomic E-state index is 9.53. The summed E-state index contributed by atoms with van der Waals surface area (Å²) in [5, 5.41) is 19.1. The molecule has 0 aromatic heterocycles. The molecule has 0 fully saturated rings. The molecule has 4 heteroatoms. The average Bonchev–Trinajstić information content (AvgIpc) is 2.26. The molecule has 0 saturated heterocycles. The molecule has 2 N–H and O–H groups in total. The van der Waals surface area contributed by atoms with Crippen LogP contribution in [-0.4, -0.2) is 23.8 Å². The molecule has 0 unspecified atom stereocenters. The van der Waals surface area contributed by atoms with E-state index in [0.717, 1.165) is 12.0 Å². The van der Waals surface area contributed by atoms with Crippen molar-refractivity contribution in [2.75, 3.05) is 6.61 Å². The first-order valence-corrected chi connectivity index (χ1v) is 7.20. The quantitative estimate of drug-likeness (QED) is 0.813. The third kappa shape index (κ3) is 4.53. The summed E-state index contributed by atoms with van der Waals surface area (Å²) in [7, 11) is -1.51. The summed E-state index contributed by atoms with van der Waals surface area (Å²) in [5.74, 6) is 0.540. The van der Waals surface area contributed by atoms with Crippen LogP contribution in [0.25, 0.3) is 0 Å². The largest absolute Gasteiger partial charge is 0.494 e. The van der Waals surface area contributed by atoms with Crippen LogP contribution in [0.15, 0.2) is 18.2 Å². The van der Waals surface area contributed by atoms with Crippen LogP contribution in [0.3, 0.4) is 0 Å². The minimum Gasteiger partial charge on any atom is -0.494 e. The van der Waals surface area contributed by atoms with Crippen molar-refractivity contribution in [1.82, 2.24) is 0 Å². The van der Waals surface area contributed by atoms with Crippen molar-refractivity contribution in [2.24, 2.45) is 5.41 Å². The van der Waals surface area contributed by atoms with Crippen LogP contribution in [0.5, 0.6) is 5.75 Å². The highest BCUT2D eigenvalue weighted by molar-refractivity contribution is 6.59. The van der Waals surface area contributed by atoms with Gasteiger partial charge in [-0.1, -0.05) is 46.8 Å². The molecular formula is C16H27BO3. The smallest absolute Gasteiger partial charge is 0.492 e. The molecule has 1 aromatic carbocycles. The highest BCUT2D eigenvalue weighted by Gasteiger charge is 2.29. The van der Waals surface area contributed by atoms with Gasteiger partial charge in [-0.2, -0.15) is 0 Å². The molecule has 1 aromatic rings. The minimum absolute atomic E-state index is 0.0351. The van der Waals surface area contributed by atoms with Gasteiger partial charge in [-0.25, -0.2) is 0 Å². The molecule has 20 heavy (non-hydrogen) atoms. The molecule has 0 atom stereocenters. The fraction of sp³-hybridized carbons (Fsp3) is 0.625. The molecule has 0 bridgehead atoms. The van der Waals surface area contributed by atoms with Gasteiger partial charge in [0.2, 0.25) is 0 Å². The maximum atomic E-state index is 9.53. The van der Waals surface area contributed by atoms with Crippen LogP contribution < -0.4 is 10.2 Å². The molecule has 0 aliphatic heterocycles. The van der Waals surface area contributed by atoms with Crippen molar-refractivity contribution in [3.63, 3.8) is 0 Å². The lowest BCUT2D eigenvalue weighted by Crippen LogP contribution is -2.34. The van der Waals surface area contributed by atoms with Crippen molar-refractivity contribution in [2.45, 2.75) is 53.4 Å². The topological polar surface area (TPSA) is 49.7 Å². The molecular weight excluding hydrogens is 251 g/mol. The van der Waals surface area contributed by atoms with Gasteiger partial charge in [0.15, 0.2) is 0 Å². The number of benzene rings is 1. The maximum Gasteiger partial charge on any atom is 0.492 e. The first-order chi connectivity index (χ1) is 9.07. The number of hydrogen-bond acceptors (Lipinski definition) is 3. The first-order valence-electron chi connectivity index (χ1n) is 7.20. The molecule has 0 radical (unpaired) electrons. The van der Waals surface area contributed by atoms with Crippen LogP contribution in [0, 0.1) is 5.41 Å². The number of hydrogen-bond donors (Lipinski definition) is 2. The lowest BCUT2D eigenvalue weighted by molar-refractivity contribution is 0.284. The van der Waals surface area contributed by atoms with Gasteiger partial charge in [0.1, 0.15) is 5.75 Å². The van der Waals surface area contributed by atoms with Gasteiger partial charge in [-0.3, -0.25) is 0 Å². The van der Waals surface area contributed by atoms with Gasteiger partial charge in [-0.05, 0) is 35.8 Å². The summed E-state index contributed by atoms with van der Waals surface area (Å²) >= 11 is 0. The zero-order valence-corrected chi connectivity index (χ0v) is 13.5. The van der Waals surface area contributed by atoms with Crippen LogP contribution in [0.2, 0.25) is 0 Å². The standard InChI is InChI=1S/C16H27BO3/c1-7-20-14-9-8-12(10-13(14)17(18)19)16(5,6)11-15(2,3)4/h8-10,18-19H,7,11H2,1-6H3. The lowest BCUT2D eigenvalue weighted by atomic mass is 9.70. The Balaban J connectivity index is 3.17. The van der Waals surface area contributed by atoms with E-state index in [9.17, 15) is 10.0 Å². The summed E-state index contributed by atoms with van der Waals surface area (Å²) in [5.41, 5.74) is 1.71. The van der Waals surface area contributed by atoms with E-state index in [1.54, 1.807) is 0 Å². The monoisotopic (exact) mass is 278 g/mol. The van der Waals surface area contributed by atoms with Crippen molar-refractivity contribution in [1.29, 1.82) is 0 Å². The molecule has 0 amide bonds. The SMILES string of the molecule is CCOc1ccc(C(C)(C)CC(C)(C)C)cc1B(O)O. The van der Waals surface area contributed by atoms with E-state index in [1.807, 2.05) is 25.1 Å². The van der Waals surface area contributed by atoms with Crippen LogP contribution in [0.1, 0.15) is 53.5 Å². The highest BCUT2D eigenvalue weighted by atomic mass is 16.5. The van der Waals surface area contributed by atoms with E-state index in [0.29, 0.717) is 17.8 Å². The second kappa shape index (κ2) is 6.19. The van der Waals surface area contributed by atoms with E-state index < -0.39 is 7.12 Å². The van der Waals surface area contributed by atoms with Crippen LogP contribution >= 0.6 is 0 Å². The van der Waals surface area contributed by atoms with Gasteiger partial charge in [0, 0.05) is 5.46 Å². The molecule has 0 saturated carbocycles. The van der Waals surface area contributed by atoms with E-state index >= 15 is 0 Å². The second-order valence-electron chi connectivity index (χ2n) is 7.18.